The van der Waals surface area contributed by atoms with Crippen molar-refractivity contribution in [3.05, 3.63) is 63.7 Å². The second-order valence-corrected chi connectivity index (χ2v) is 4.62. The van der Waals surface area contributed by atoms with E-state index in [4.69, 9.17) is 11.6 Å². The first-order chi connectivity index (χ1) is 10.1. The van der Waals surface area contributed by atoms with Crippen molar-refractivity contribution in [1.82, 2.24) is 9.97 Å². The van der Waals surface area contributed by atoms with E-state index in [9.17, 15) is 14.5 Å². The zero-order valence-electron chi connectivity index (χ0n) is 10.5. The zero-order valence-corrected chi connectivity index (χ0v) is 11.2. The van der Waals surface area contributed by atoms with E-state index in [1.165, 1.54) is 30.3 Å². The zero-order chi connectivity index (χ0) is 15.0. The number of fused-ring (bicyclic) bond motifs is 1. The first-order valence-electron chi connectivity index (χ1n) is 5.93. The van der Waals surface area contributed by atoms with Crippen molar-refractivity contribution in [2.24, 2.45) is 0 Å². The van der Waals surface area contributed by atoms with Crippen LogP contribution in [0.4, 0.5) is 10.1 Å². The first kappa shape index (κ1) is 13.4. The maximum absolute atomic E-state index is 14.0. The van der Waals surface area contributed by atoms with E-state index in [0.29, 0.717) is 10.9 Å². The Kier molecular flexibility index (Phi) is 3.23. The maximum atomic E-state index is 14.0. The van der Waals surface area contributed by atoms with E-state index < -0.39 is 10.7 Å². The van der Waals surface area contributed by atoms with Crippen LogP contribution in [0.15, 0.2) is 42.5 Å². The van der Waals surface area contributed by atoms with Crippen molar-refractivity contribution in [1.29, 1.82) is 0 Å². The van der Waals surface area contributed by atoms with Crippen LogP contribution in [-0.4, -0.2) is 14.9 Å². The van der Waals surface area contributed by atoms with Gasteiger partial charge in [0, 0.05) is 23.1 Å². The van der Waals surface area contributed by atoms with Crippen molar-refractivity contribution in [2.75, 3.05) is 0 Å². The van der Waals surface area contributed by atoms with Crippen LogP contribution in [-0.2, 0) is 0 Å². The lowest BCUT2D eigenvalue weighted by atomic mass is 10.1. The van der Waals surface area contributed by atoms with Crippen molar-refractivity contribution in [3.8, 4) is 11.3 Å². The quantitative estimate of drug-likeness (QED) is 0.407. The number of hydrogen-bond acceptors (Lipinski definition) is 4. The number of aromatic nitrogens is 2. The fourth-order valence-electron chi connectivity index (χ4n) is 2.06. The largest absolute Gasteiger partial charge is 0.270 e. The number of hydrogen-bond donors (Lipinski definition) is 0. The average molecular weight is 304 g/mol. The Balaban J connectivity index is 2.37. The molecule has 1 aromatic heterocycles. The molecule has 0 saturated heterocycles. The molecule has 2 aromatic carbocycles. The van der Waals surface area contributed by atoms with Gasteiger partial charge in [-0.1, -0.05) is 12.1 Å². The number of halogens is 2. The van der Waals surface area contributed by atoms with E-state index >= 15 is 0 Å². The summed E-state index contributed by atoms with van der Waals surface area (Å²) in [7, 11) is 0. The molecule has 0 aliphatic rings. The molecule has 1 heterocycles. The van der Waals surface area contributed by atoms with Crippen LogP contribution in [0.2, 0.25) is 5.28 Å². The Morgan fingerprint density at radius 2 is 1.90 bits per heavy atom. The molecule has 3 aromatic rings. The van der Waals surface area contributed by atoms with Gasteiger partial charge in [-0.15, -0.1) is 0 Å². The molecule has 5 nitrogen and oxygen atoms in total. The molecule has 0 saturated carbocycles. The minimum atomic E-state index is -0.529. The fraction of sp³-hybridized carbons (Fsp3) is 0. The van der Waals surface area contributed by atoms with E-state index in [0.717, 1.165) is 0 Å². The second kappa shape index (κ2) is 5.06. The lowest BCUT2D eigenvalue weighted by Gasteiger charge is -2.07. The monoisotopic (exact) mass is 303 g/mol. The van der Waals surface area contributed by atoms with Gasteiger partial charge in [-0.3, -0.25) is 10.1 Å². The molecule has 0 spiro atoms. The molecule has 0 aliphatic heterocycles. The molecular formula is C14H7ClFN3O2. The van der Waals surface area contributed by atoms with Crippen LogP contribution in [0.5, 0.6) is 0 Å². The third-order valence-electron chi connectivity index (χ3n) is 2.99. The Labute approximate surface area is 123 Å². The molecule has 0 amide bonds. The molecule has 3 rings (SSSR count). The van der Waals surface area contributed by atoms with E-state index in [1.807, 2.05) is 0 Å². The topological polar surface area (TPSA) is 68.9 Å². The average Bonchev–Trinajstić information content (AvgIpc) is 2.46. The summed E-state index contributed by atoms with van der Waals surface area (Å²) < 4.78 is 14.0. The van der Waals surface area contributed by atoms with E-state index in [-0.39, 0.29) is 22.2 Å². The van der Waals surface area contributed by atoms with Gasteiger partial charge in [-0.05, 0) is 29.8 Å². The molecule has 21 heavy (non-hydrogen) atoms. The molecule has 0 radical (unpaired) electrons. The van der Waals surface area contributed by atoms with Gasteiger partial charge in [0.05, 0.1) is 16.1 Å². The maximum Gasteiger partial charge on any atom is 0.270 e. The fourth-order valence-corrected chi connectivity index (χ4v) is 2.24. The highest BCUT2D eigenvalue weighted by Crippen LogP contribution is 2.31. The summed E-state index contributed by atoms with van der Waals surface area (Å²) in [6.45, 7) is 0. The Bertz CT molecular complexity index is 870. The number of nitro benzene ring substituents is 1. The van der Waals surface area contributed by atoms with E-state index in [1.54, 1.807) is 12.1 Å². The van der Waals surface area contributed by atoms with Gasteiger partial charge in [-0.2, -0.15) is 0 Å². The third-order valence-corrected chi connectivity index (χ3v) is 3.16. The van der Waals surface area contributed by atoms with Crippen LogP contribution in [0.25, 0.3) is 22.2 Å². The van der Waals surface area contributed by atoms with Gasteiger partial charge < -0.3 is 0 Å². The van der Waals surface area contributed by atoms with Crippen LogP contribution in [0.3, 0.4) is 0 Å². The summed E-state index contributed by atoms with van der Waals surface area (Å²) in [5, 5.41) is 11.2. The molecule has 104 valence electrons. The van der Waals surface area contributed by atoms with Crippen molar-refractivity contribution in [3.63, 3.8) is 0 Å². The smallest absolute Gasteiger partial charge is 0.258 e. The first-order valence-corrected chi connectivity index (χ1v) is 6.30. The lowest BCUT2D eigenvalue weighted by Crippen LogP contribution is -1.95. The van der Waals surface area contributed by atoms with Crippen LogP contribution < -0.4 is 0 Å². The standard InChI is InChI=1S/C14H7ClFN3O2/c15-14-17-12-6-5-8(19(20)21)7-10(12)13(18-14)9-3-1-2-4-11(9)16/h1-7H. The van der Waals surface area contributed by atoms with Crippen molar-refractivity contribution in [2.45, 2.75) is 0 Å². The molecule has 7 heteroatoms. The summed E-state index contributed by atoms with van der Waals surface area (Å²) in [6.07, 6.45) is 0. The third kappa shape index (κ3) is 2.41. The summed E-state index contributed by atoms with van der Waals surface area (Å²) in [6, 6.07) is 10.1. The SMILES string of the molecule is O=[N+]([O-])c1ccc2nc(Cl)nc(-c3ccccc3F)c2c1. The van der Waals surface area contributed by atoms with Crippen LogP contribution >= 0.6 is 11.6 Å². The van der Waals surface area contributed by atoms with Gasteiger partial charge in [-0.25, -0.2) is 14.4 Å². The highest BCUT2D eigenvalue weighted by molar-refractivity contribution is 6.28. The lowest BCUT2D eigenvalue weighted by molar-refractivity contribution is -0.384. The van der Waals surface area contributed by atoms with Crippen LogP contribution in [0, 0.1) is 15.9 Å². The summed E-state index contributed by atoms with van der Waals surface area (Å²) in [5.41, 5.74) is 0.740. The molecule has 0 atom stereocenters. The number of nitrogens with zero attached hydrogens (tertiary/aromatic N) is 3. The minimum Gasteiger partial charge on any atom is -0.258 e. The van der Waals surface area contributed by atoms with E-state index in [2.05, 4.69) is 9.97 Å². The molecular weight excluding hydrogens is 297 g/mol. The number of benzene rings is 2. The highest BCUT2D eigenvalue weighted by Gasteiger charge is 2.15. The predicted octanol–water partition coefficient (Wildman–Crippen LogP) is 4.00. The Morgan fingerprint density at radius 3 is 2.62 bits per heavy atom. The molecule has 0 fully saturated rings. The molecule has 0 N–H and O–H groups in total. The molecule has 0 unspecified atom stereocenters. The Hall–Kier alpha value is -2.60. The molecule has 0 aliphatic carbocycles. The summed E-state index contributed by atoms with van der Waals surface area (Å²) in [5.74, 6) is -0.486. The van der Waals surface area contributed by atoms with Crippen molar-refractivity contribution < 1.29 is 9.31 Å². The van der Waals surface area contributed by atoms with Crippen LogP contribution in [0.1, 0.15) is 0 Å². The normalized spacial score (nSPS) is 10.8. The number of nitro groups is 1. The Morgan fingerprint density at radius 1 is 1.14 bits per heavy atom. The van der Waals surface area contributed by atoms with Gasteiger partial charge >= 0.3 is 0 Å². The van der Waals surface area contributed by atoms with Crippen molar-refractivity contribution >= 4 is 28.2 Å². The predicted molar refractivity (Wildman–Crippen MR) is 76.6 cm³/mol. The van der Waals surface area contributed by atoms with Gasteiger partial charge in [0.15, 0.2) is 0 Å². The highest BCUT2D eigenvalue weighted by atomic mass is 35.5. The number of non-ortho nitro benzene ring substituents is 1. The second-order valence-electron chi connectivity index (χ2n) is 4.28. The van der Waals surface area contributed by atoms with Gasteiger partial charge in [0.25, 0.3) is 5.69 Å². The van der Waals surface area contributed by atoms with Gasteiger partial charge in [0.2, 0.25) is 5.28 Å². The summed E-state index contributed by atoms with van der Waals surface area (Å²) >= 11 is 5.85. The molecule has 0 bridgehead atoms. The number of rotatable bonds is 2. The minimum absolute atomic E-state index is 0.0467. The van der Waals surface area contributed by atoms with Gasteiger partial charge in [0.1, 0.15) is 5.82 Å². The summed E-state index contributed by atoms with van der Waals surface area (Å²) in [4.78, 5) is 18.4.